The van der Waals surface area contributed by atoms with Gasteiger partial charge in [0.05, 0.1) is 0 Å². The fourth-order valence-electron chi connectivity index (χ4n) is 2.43. The number of carbonyl (C=O) groups excluding carboxylic acids is 1. The van der Waals surface area contributed by atoms with Crippen molar-refractivity contribution in [3.63, 3.8) is 0 Å². The van der Waals surface area contributed by atoms with Gasteiger partial charge in [0.15, 0.2) is 0 Å². The first-order valence-electron chi connectivity index (χ1n) is 6.68. The van der Waals surface area contributed by atoms with Crippen molar-refractivity contribution in [2.24, 2.45) is 5.73 Å². The van der Waals surface area contributed by atoms with Crippen molar-refractivity contribution in [2.45, 2.75) is 27.3 Å². The van der Waals surface area contributed by atoms with Crippen molar-refractivity contribution in [3.05, 3.63) is 64.2 Å². The van der Waals surface area contributed by atoms with E-state index in [-0.39, 0.29) is 0 Å². The molecule has 2 aromatic rings. The fraction of sp³-hybridized carbons (Fsp3) is 0.235. The van der Waals surface area contributed by atoms with Crippen LogP contribution in [0.3, 0.4) is 0 Å². The minimum Gasteiger partial charge on any atom is -0.381 e. The van der Waals surface area contributed by atoms with Gasteiger partial charge in [-0.15, -0.1) is 0 Å². The summed E-state index contributed by atoms with van der Waals surface area (Å²) < 4.78 is 0. The number of carbonyl (C=O) groups is 1. The van der Waals surface area contributed by atoms with Crippen LogP contribution >= 0.6 is 0 Å². The quantitative estimate of drug-likeness (QED) is 0.893. The minimum absolute atomic E-state index is 0.401. The Hall–Kier alpha value is -2.29. The van der Waals surface area contributed by atoms with Crippen LogP contribution < -0.4 is 11.1 Å². The molecule has 3 N–H and O–H groups in total. The Morgan fingerprint density at radius 1 is 1.05 bits per heavy atom. The van der Waals surface area contributed by atoms with Crippen LogP contribution in [0, 0.1) is 20.8 Å². The normalized spacial score (nSPS) is 10.3. The predicted molar refractivity (Wildman–Crippen MR) is 82.9 cm³/mol. The number of hydrogen-bond acceptors (Lipinski definition) is 2. The van der Waals surface area contributed by atoms with Gasteiger partial charge in [-0.3, -0.25) is 4.79 Å². The maximum Gasteiger partial charge on any atom is 0.248 e. The summed E-state index contributed by atoms with van der Waals surface area (Å²) in [5.74, 6) is -0.401. The molecular formula is C17H20N2O. The van der Waals surface area contributed by atoms with E-state index in [2.05, 4.69) is 38.2 Å². The summed E-state index contributed by atoms with van der Waals surface area (Å²) in [6, 6.07) is 11.6. The van der Waals surface area contributed by atoms with Gasteiger partial charge in [0, 0.05) is 17.8 Å². The highest BCUT2D eigenvalue weighted by Gasteiger charge is 2.04. The Labute approximate surface area is 119 Å². The van der Waals surface area contributed by atoms with E-state index in [1.807, 2.05) is 12.1 Å². The largest absolute Gasteiger partial charge is 0.381 e. The van der Waals surface area contributed by atoms with Crippen LogP contribution in [0.5, 0.6) is 0 Å². The minimum atomic E-state index is -0.401. The molecule has 0 atom stereocenters. The van der Waals surface area contributed by atoms with Gasteiger partial charge >= 0.3 is 0 Å². The Bertz CT molecular complexity index is 607. The number of primary amides is 1. The molecule has 2 rings (SSSR count). The number of rotatable bonds is 4. The monoisotopic (exact) mass is 268 g/mol. The van der Waals surface area contributed by atoms with Crippen molar-refractivity contribution >= 4 is 11.6 Å². The highest BCUT2D eigenvalue weighted by Crippen LogP contribution is 2.18. The molecule has 1 amide bonds. The van der Waals surface area contributed by atoms with Crippen molar-refractivity contribution < 1.29 is 4.79 Å². The second kappa shape index (κ2) is 5.78. The fourth-order valence-corrected chi connectivity index (χ4v) is 2.43. The lowest BCUT2D eigenvalue weighted by molar-refractivity contribution is 0.100. The topological polar surface area (TPSA) is 55.1 Å². The van der Waals surface area contributed by atoms with E-state index >= 15 is 0 Å². The summed E-state index contributed by atoms with van der Waals surface area (Å²) in [6.45, 7) is 7.15. The molecule has 104 valence electrons. The number of nitrogens with one attached hydrogen (secondary N) is 1. The molecule has 2 aromatic carbocycles. The third kappa shape index (κ3) is 3.18. The molecule has 0 saturated carbocycles. The summed E-state index contributed by atoms with van der Waals surface area (Å²) in [6.07, 6.45) is 0. The van der Waals surface area contributed by atoms with Crippen molar-refractivity contribution in [3.8, 4) is 0 Å². The summed E-state index contributed by atoms with van der Waals surface area (Å²) in [7, 11) is 0. The van der Waals surface area contributed by atoms with E-state index in [9.17, 15) is 4.79 Å². The Kier molecular flexibility index (Phi) is 4.08. The summed E-state index contributed by atoms with van der Waals surface area (Å²) >= 11 is 0. The highest BCUT2D eigenvalue weighted by molar-refractivity contribution is 5.93. The standard InChI is InChI=1S/C17H20N2O/c1-11-8-12(2)16(13(3)9-11)10-19-15-6-4-14(5-7-15)17(18)20/h4-9,19H,10H2,1-3H3,(H2,18,20). The molecule has 0 bridgehead atoms. The SMILES string of the molecule is Cc1cc(C)c(CNc2ccc(C(N)=O)cc2)c(C)c1. The van der Waals surface area contributed by atoms with Gasteiger partial charge < -0.3 is 11.1 Å². The van der Waals surface area contributed by atoms with E-state index < -0.39 is 5.91 Å². The molecule has 0 aliphatic rings. The van der Waals surface area contributed by atoms with Crippen LogP contribution in [0.2, 0.25) is 0 Å². The van der Waals surface area contributed by atoms with E-state index in [0.717, 1.165) is 12.2 Å². The van der Waals surface area contributed by atoms with Crippen LogP contribution in [-0.4, -0.2) is 5.91 Å². The lowest BCUT2D eigenvalue weighted by Gasteiger charge is -2.13. The van der Waals surface area contributed by atoms with E-state index in [1.54, 1.807) is 12.1 Å². The average molecular weight is 268 g/mol. The van der Waals surface area contributed by atoms with Crippen molar-refractivity contribution in [1.82, 2.24) is 0 Å². The molecule has 0 radical (unpaired) electrons. The lowest BCUT2D eigenvalue weighted by atomic mass is 10.00. The molecule has 0 aliphatic heterocycles. The maximum atomic E-state index is 11.0. The van der Waals surface area contributed by atoms with Gasteiger partial charge in [0.25, 0.3) is 0 Å². The van der Waals surface area contributed by atoms with E-state index in [1.165, 1.54) is 22.3 Å². The van der Waals surface area contributed by atoms with Crippen molar-refractivity contribution in [1.29, 1.82) is 0 Å². The number of hydrogen-bond donors (Lipinski definition) is 2. The molecule has 20 heavy (non-hydrogen) atoms. The van der Waals surface area contributed by atoms with Gasteiger partial charge in [0.1, 0.15) is 0 Å². The smallest absolute Gasteiger partial charge is 0.248 e. The average Bonchev–Trinajstić information content (AvgIpc) is 2.38. The predicted octanol–water partition coefficient (Wildman–Crippen LogP) is 3.32. The van der Waals surface area contributed by atoms with Crippen LogP contribution in [-0.2, 0) is 6.54 Å². The second-order valence-electron chi connectivity index (χ2n) is 5.17. The first-order valence-corrected chi connectivity index (χ1v) is 6.68. The number of aryl methyl sites for hydroxylation is 3. The molecule has 0 aromatic heterocycles. The third-order valence-electron chi connectivity index (χ3n) is 3.48. The number of nitrogens with two attached hydrogens (primary N) is 1. The molecule has 0 unspecified atom stereocenters. The van der Waals surface area contributed by atoms with Crippen LogP contribution in [0.4, 0.5) is 5.69 Å². The number of benzene rings is 2. The summed E-state index contributed by atoms with van der Waals surface area (Å²) in [5.41, 5.74) is 11.9. The molecule has 0 fully saturated rings. The molecular weight excluding hydrogens is 248 g/mol. The molecule has 0 heterocycles. The molecule has 0 saturated heterocycles. The molecule has 0 aliphatic carbocycles. The summed E-state index contributed by atoms with van der Waals surface area (Å²) in [5, 5.41) is 3.38. The van der Waals surface area contributed by atoms with Gasteiger partial charge in [-0.1, -0.05) is 17.7 Å². The first kappa shape index (κ1) is 14.1. The van der Waals surface area contributed by atoms with Gasteiger partial charge in [-0.2, -0.15) is 0 Å². The Morgan fingerprint density at radius 2 is 1.60 bits per heavy atom. The van der Waals surface area contributed by atoms with Crippen LogP contribution in [0.15, 0.2) is 36.4 Å². The molecule has 3 nitrogen and oxygen atoms in total. The lowest BCUT2D eigenvalue weighted by Crippen LogP contribution is -2.10. The number of amides is 1. The van der Waals surface area contributed by atoms with Gasteiger partial charge in [-0.25, -0.2) is 0 Å². The Morgan fingerprint density at radius 3 is 2.10 bits per heavy atom. The van der Waals surface area contributed by atoms with E-state index in [0.29, 0.717) is 5.56 Å². The zero-order chi connectivity index (χ0) is 14.7. The van der Waals surface area contributed by atoms with Crippen LogP contribution in [0.1, 0.15) is 32.6 Å². The zero-order valence-electron chi connectivity index (χ0n) is 12.2. The zero-order valence-corrected chi connectivity index (χ0v) is 12.2. The van der Waals surface area contributed by atoms with Gasteiger partial charge in [-0.05, 0) is 61.7 Å². The first-order chi connectivity index (χ1) is 9.47. The van der Waals surface area contributed by atoms with Gasteiger partial charge in [0.2, 0.25) is 5.91 Å². The highest BCUT2D eigenvalue weighted by atomic mass is 16.1. The van der Waals surface area contributed by atoms with Crippen LogP contribution in [0.25, 0.3) is 0 Å². The Balaban J connectivity index is 2.11. The maximum absolute atomic E-state index is 11.0. The molecule has 0 spiro atoms. The second-order valence-corrected chi connectivity index (χ2v) is 5.17. The van der Waals surface area contributed by atoms with Crippen molar-refractivity contribution in [2.75, 3.05) is 5.32 Å². The molecule has 3 heteroatoms. The third-order valence-corrected chi connectivity index (χ3v) is 3.48. The number of anilines is 1. The van der Waals surface area contributed by atoms with E-state index in [4.69, 9.17) is 5.73 Å². The summed E-state index contributed by atoms with van der Waals surface area (Å²) in [4.78, 5) is 11.0.